The summed E-state index contributed by atoms with van der Waals surface area (Å²) < 4.78 is 5.78. The Hall–Kier alpha value is -0.610. The summed E-state index contributed by atoms with van der Waals surface area (Å²) in [4.78, 5) is 14.7. The van der Waals surface area contributed by atoms with Crippen molar-refractivity contribution in [2.75, 3.05) is 19.7 Å². The van der Waals surface area contributed by atoms with Gasteiger partial charge in [-0.2, -0.15) is 0 Å². The van der Waals surface area contributed by atoms with Crippen LogP contribution in [0.25, 0.3) is 0 Å². The second kappa shape index (κ2) is 39.2. The molecule has 2 radical (unpaired) electrons. The van der Waals surface area contributed by atoms with Crippen LogP contribution in [0.2, 0.25) is 0 Å². The number of carbonyl (C=O) groups is 1. The van der Waals surface area contributed by atoms with Crippen LogP contribution in [0.1, 0.15) is 233 Å². The summed E-state index contributed by atoms with van der Waals surface area (Å²) in [5.41, 5.74) is 0. The molecule has 0 fully saturated rings. The van der Waals surface area contributed by atoms with Gasteiger partial charge in [0, 0.05) is 19.5 Å². The minimum Gasteiger partial charge on any atom is -0.462 e. The molecule has 4 heteroatoms. The van der Waals surface area contributed by atoms with Gasteiger partial charge in [0.15, 0.2) is 0 Å². The summed E-state index contributed by atoms with van der Waals surface area (Å²) in [5, 5.41) is 9.56. The standard InChI is InChI=1S/C44H87NO3/c1-5-9-12-15-20-26-33-42(34-27-21-16-13-10-6-2)35-28-22-18-19-24-31-38-45(40-41-46)39-32-25-30-37-44(47)48-43(8-4)36-29-23-17-14-11-7-3/h35,38,42-43,46H,5-34,36-37,39-41H2,1-4H3. The van der Waals surface area contributed by atoms with Crippen LogP contribution < -0.4 is 0 Å². The molecular weight excluding hydrogens is 590 g/mol. The number of aliphatic hydroxyl groups excluding tert-OH is 1. The van der Waals surface area contributed by atoms with E-state index in [1.54, 1.807) is 0 Å². The lowest BCUT2D eigenvalue weighted by Crippen LogP contribution is -2.25. The minimum atomic E-state index is -0.0182. The zero-order valence-electron chi connectivity index (χ0n) is 33.3. The van der Waals surface area contributed by atoms with Crippen LogP contribution in [0.3, 0.4) is 0 Å². The van der Waals surface area contributed by atoms with Crippen molar-refractivity contribution in [3.05, 3.63) is 13.0 Å². The van der Waals surface area contributed by atoms with Crippen molar-refractivity contribution in [3.8, 4) is 0 Å². The highest BCUT2D eigenvalue weighted by Crippen LogP contribution is 2.24. The molecule has 0 rings (SSSR count). The lowest BCUT2D eigenvalue weighted by Gasteiger charge is -2.20. The molecule has 0 aromatic carbocycles. The molecule has 286 valence electrons. The van der Waals surface area contributed by atoms with Gasteiger partial charge in [-0.3, -0.25) is 9.69 Å². The summed E-state index contributed by atoms with van der Waals surface area (Å²) in [5.74, 6) is 0.826. The van der Waals surface area contributed by atoms with Gasteiger partial charge in [0.2, 0.25) is 0 Å². The molecule has 0 amide bonds. The molecule has 0 aliphatic rings. The fraction of sp³-hybridized carbons (Fsp3) is 0.932. The van der Waals surface area contributed by atoms with Gasteiger partial charge < -0.3 is 9.84 Å². The molecule has 4 nitrogen and oxygen atoms in total. The average Bonchev–Trinajstić information content (AvgIpc) is 3.09. The molecule has 0 aromatic rings. The summed E-state index contributed by atoms with van der Waals surface area (Å²) in [7, 11) is 0. The van der Waals surface area contributed by atoms with E-state index in [9.17, 15) is 9.90 Å². The van der Waals surface area contributed by atoms with Crippen molar-refractivity contribution in [1.82, 2.24) is 4.90 Å². The SMILES string of the molecule is CCCCCCCCC([CH]CCCCCC[CH]N(CCO)CCCCCC(=O)OC(CC)CCCCCCCC)CCCCCCCC. The molecule has 0 aliphatic heterocycles. The smallest absolute Gasteiger partial charge is 0.306 e. The minimum absolute atomic E-state index is 0.0182. The number of hydrogen-bond donors (Lipinski definition) is 1. The van der Waals surface area contributed by atoms with Crippen molar-refractivity contribution >= 4 is 5.97 Å². The molecule has 0 saturated carbocycles. The maximum Gasteiger partial charge on any atom is 0.306 e. The van der Waals surface area contributed by atoms with E-state index in [0.717, 1.165) is 51.0 Å². The molecule has 48 heavy (non-hydrogen) atoms. The van der Waals surface area contributed by atoms with Gasteiger partial charge in [0.05, 0.1) is 6.61 Å². The van der Waals surface area contributed by atoms with Crippen LogP contribution >= 0.6 is 0 Å². The number of aliphatic hydroxyl groups is 1. The van der Waals surface area contributed by atoms with Crippen LogP contribution in [-0.4, -0.2) is 41.8 Å². The number of rotatable bonds is 40. The summed E-state index contributed by atoms with van der Waals surface area (Å²) >= 11 is 0. The van der Waals surface area contributed by atoms with Gasteiger partial charge >= 0.3 is 5.97 Å². The molecule has 1 atom stereocenters. The highest BCUT2D eigenvalue weighted by Gasteiger charge is 2.13. The third-order valence-corrected chi connectivity index (χ3v) is 10.2. The van der Waals surface area contributed by atoms with Crippen LogP contribution in [0.4, 0.5) is 0 Å². The molecule has 0 bridgehead atoms. The van der Waals surface area contributed by atoms with E-state index < -0.39 is 0 Å². The third-order valence-electron chi connectivity index (χ3n) is 10.2. The number of ether oxygens (including phenoxy) is 1. The first kappa shape index (κ1) is 47.4. The van der Waals surface area contributed by atoms with E-state index in [1.807, 2.05) is 0 Å². The number of hydrogen-bond acceptors (Lipinski definition) is 4. The first-order chi connectivity index (χ1) is 23.6. The highest BCUT2D eigenvalue weighted by molar-refractivity contribution is 5.69. The topological polar surface area (TPSA) is 49.8 Å². The zero-order valence-corrected chi connectivity index (χ0v) is 33.3. The number of nitrogens with zero attached hydrogens (tertiary/aromatic N) is 1. The quantitative estimate of drug-likeness (QED) is 0.0518. The zero-order chi connectivity index (χ0) is 35.2. The number of carbonyl (C=O) groups excluding carboxylic acids is 1. The summed E-state index contributed by atoms with van der Waals surface area (Å²) in [6.45, 7) is 13.2. The molecule has 1 N–H and O–H groups in total. The van der Waals surface area contributed by atoms with Crippen molar-refractivity contribution in [3.63, 3.8) is 0 Å². The van der Waals surface area contributed by atoms with Crippen LogP contribution in [0, 0.1) is 18.9 Å². The van der Waals surface area contributed by atoms with Crippen molar-refractivity contribution < 1.29 is 14.6 Å². The summed E-state index contributed by atoms with van der Waals surface area (Å²) in [6, 6.07) is 0. The summed E-state index contributed by atoms with van der Waals surface area (Å²) in [6.07, 6.45) is 43.3. The lowest BCUT2D eigenvalue weighted by molar-refractivity contribution is -0.149. The molecule has 0 aliphatic carbocycles. The van der Waals surface area contributed by atoms with E-state index in [0.29, 0.717) is 13.0 Å². The Labute approximate surface area is 302 Å². The Morgan fingerprint density at radius 1 is 0.562 bits per heavy atom. The van der Waals surface area contributed by atoms with Gasteiger partial charge in [0.25, 0.3) is 0 Å². The Balaban J connectivity index is 4.02. The van der Waals surface area contributed by atoms with Gasteiger partial charge in [-0.1, -0.05) is 182 Å². The van der Waals surface area contributed by atoms with E-state index in [1.165, 1.54) is 161 Å². The van der Waals surface area contributed by atoms with E-state index in [-0.39, 0.29) is 18.7 Å². The molecule has 1 unspecified atom stereocenters. The van der Waals surface area contributed by atoms with Crippen molar-refractivity contribution in [2.24, 2.45) is 5.92 Å². The predicted octanol–water partition coefficient (Wildman–Crippen LogP) is 13.7. The predicted molar refractivity (Wildman–Crippen MR) is 211 cm³/mol. The van der Waals surface area contributed by atoms with Gasteiger partial charge in [-0.05, 0) is 63.8 Å². The van der Waals surface area contributed by atoms with Crippen LogP contribution in [0.5, 0.6) is 0 Å². The second-order valence-corrected chi connectivity index (χ2v) is 14.9. The normalized spacial score (nSPS) is 12.4. The van der Waals surface area contributed by atoms with E-state index >= 15 is 0 Å². The van der Waals surface area contributed by atoms with Gasteiger partial charge in [-0.15, -0.1) is 0 Å². The maximum atomic E-state index is 12.4. The number of unbranched alkanes of at least 4 members (excludes halogenated alkanes) is 22. The fourth-order valence-electron chi connectivity index (χ4n) is 6.95. The van der Waals surface area contributed by atoms with Crippen LogP contribution in [-0.2, 0) is 9.53 Å². The monoisotopic (exact) mass is 678 g/mol. The molecule has 0 heterocycles. The average molecular weight is 678 g/mol. The Kier molecular flexibility index (Phi) is 38.7. The van der Waals surface area contributed by atoms with Crippen LogP contribution in [0.15, 0.2) is 0 Å². The molecule has 0 aromatic heterocycles. The Morgan fingerprint density at radius 2 is 1.04 bits per heavy atom. The van der Waals surface area contributed by atoms with E-state index in [4.69, 9.17) is 4.74 Å². The van der Waals surface area contributed by atoms with Crippen molar-refractivity contribution in [2.45, 2.75) is 239 Å². The number of esters is 1. The highest BCUT2D eigenvalue weighted by atomic mass is 16.5. The first-order valence-electron chi connectivity index (χ1n) is 21.8. The first-order valence-corrected chi connectivity index (χ1v) is 21.8. The second-order valence-electron chi connectivity index (χ2n) is 14.9. The lowest BCUT2D eigenvalue weighted by atomic mass is 9.89. The largest absolute Gasteiger partial charge is 0.462 e. The Morgan fingerprint density at radius 3 is 1.58 bits per heavy atom. The molecule has 0 spiro atoms. The van der Waals surface area contributed by atoms with E-state index in [2.05, 4.69) is 45.6 Å². The fourth-order valence-corrected chi connectivity index (χ4v) is 6.95. The maximum absolute atomic E-state index is 12.4. The van der Waals surface area contributed by atoms with Gasteiger partial charge in [0.1, 0.15) is 6.10 Å². The van der Waals surface area contributed by atoms with Gasteiger partial charge in [-0.25, -0.2) is 0 Å². The Bertz CT molecular complexity index is 610. The van der Waals surface area contributed by atoms with Crippen molar-refractivity contribution in [1.29, 1.82) is 0 Å². The third kappa shape index (κ3) is 33.9. The molecular formula is C44H87NO3. The molecule has 0 saturated heterocycles.